The molecule has 1 saturated heterocycles. The number of thiazole rings is 1. The molecule has 49 heavy (non-hydrogen) atoms. The summed E-state index contributed by atoms with van der Waals surface area (Å²) in [6.07, 6.45) is -1.21. The Morgan fingerprint density at radius 2 is 1.73 bits per heavy atom. The average Bonchev–Trinajstić information content (AvgIpc) is 3.54. The number of thiocarbonyl (C=S) groups is 1. The minimum atomic E-state index is -1.16. The number of amides is 3. The zero-order valence-electron chi connectivity index (χ0n) is 27.4. The molecule has 0 radical (unpaired) electrons. The summed E-state index contributed by atoms with van der Waals surface area (Å²) in [5, 5.41) is 10.5. The summed E-state index contributed by atoms with van der Waals surface area (Å²) in [7, 11) is 0. The second kappa shape index (κ2) is 15.3. The Balaban J connectivity index is 1.34. The number of carbonyl (C=O) groups is 4. The molecule has 0 saturated carbocycles. The molecular formula is C34H35N5O7S3. The molecule has 2 unspecified atom stereocenters. The Morgan fingerprint density at radius 3 is 2.33 bits per heavy atom. The first-order chi connectivity index (χ1) is 23.4. The van der Waals surface area contributed by atoms with Gasteiger partial charge in [-0.05, 0) is 63.5 Å². The molecule has 15 heteroatoms. The first-order valence-electron chi connectivity index (χ1n) is 15.3. The number of oxime groups is 1. The number of fused-ring (bicyclic) bond motifs is 1. The van der Waals surface area contributed by atoms with Gasteiger partial charge < -0.3 is 24.9 Å². The smallest absolute Gasteiger partial charge is 0.350 e. The summed E-state index contributed by atoms with van der Waals surface area (Å²) in [5.41, 5.74) is 2.19. The van der Waals surface area contributed by atoms with Crippen molar-refractivity contribution < 1.29 is 33.5 Å². The molecule has 0 aliphatic carbocycles. The Bertz CT molecular complexity index is 1750. The van der Waals surface area contributed by atoms with Gasteiger partial charge in [0.1, 0.15) is 28.8 Å². The normalized spacial score (nSPS) is 18.2. The molecule has 2 aromatic carbocycles. The van der Waals surface area contributed by atoms with Crippen molar-refractivity contribution in [2.45, 2.75) is 63.8 Å². The third kappa shape index (κ3) is 8.35. The van der Waals surface area contributed by atoms with Crippen LogP contribution in [0.15, 0.2) is 82.5 Å². The van der Waals surface area contributed by atoms with E-state index in [0.29, 0.717) is 17.9 Å². The largest absolute Gasteiger partial charge is 0.469 e. The van der Waals surface area contributed by atoms with Crippen molar-refractivity contribution in [1.82, 2.24) is 15.2 Å². The molecule has 3 atom stereocenters. The zero-order valence-corrected chi connectivity index (χ0v) is 29.8. The van der Waals surface area contributed by atoms with Crippen molar-refractivity contribution in [3.63, 3.8) is 0 Å². The summed E-state index contributed by atoms with van der Waals surface area (Å²) in [6, 6.07) is 18.4. The van der Waals surface area contributed by atoms with Gasteiger partial charge >= 0.3 is 5.97 Å². The average molecular weight is 722 g/mol. The first kappa shape index (κ1) is 35.7. The molecule has 1 aromatic heterocycles. The van der Waals surface area contributed by atoms with Gasteiger partial charge in [-0.3, -0.25) is 19.3 Å². The Labute approximate surface area is 297 Å². The van der Waals surface area contributed by atoms with E-state index in [9.17, 15) is 19.2 Å². The highest BCUT2D eigenvalue weighted by atomic mass is 32.2. The summed E-state index contributed by atoms with van der Waals surface area (Å²) in [6.45, 7) is 8.47. The number of esters is 1. The van der Waals surface area contributed by atoms with Crippen molar-refractivity contribution in [3.05, 3.63) is 94.1 Å². The van der Waals surface area contributed by atoms with E-state index < -0.39 is 41.1 Å². The number of hydrogen-bond acceptors (Lipinski definition) is 12. The minimum absolute atomic E-state index is 0.0713. The molecule has 3 aromatic rings. The molecule has 2 N–H and O–H groups in total. The van der Waals surface area contributed by atoms with Gasteiger partial charge in [0.15, 0.2) is 10.8 Å². The lowest BCUT2D eigenvalue weighted by atomic mass is 10.0. The van der Waals surface area contributed by atoms with Crippen LogP contribution in [0.3, 0.4) is 0 Å². The summed E-state index contributed by atoms with van der Waals surface area (Å²) in [5.74, 6) is -1.29. The molecular weight excluding hydrogens is 687 g/mol. The van der Waals surface area contributed by atoms with Crippen molar-refractivity contribution >= 4 is 75.4 Å². The van der Waals surface area contributed by atoms with Crippen LogP contribution in [0.25, 0.3) is 0 Å². The number of β-lactam (4-membered cyclic amide) rings is 1. The van der Waals surface area contributed by atoms with Gasteiger partial charge in [0, 0.05) is 11.1 Å². The lowest BCUT2D eigenvalue weighted by Gasteiger charge is -2.50. The SMILES string of the molecule is CC1=C(C(=S)OC(c2ccccc2)c2ccccc2)N2C(=O)C(NC(=O)C(=NOC(C)C(=O)OC(C)(C)C)c3csc(NC=O)n3)[C@H]2SC1. The third-order valence-corrected chi connectivity index (χ3v) is 9.74. The Hall–Kier alpha value is -4.60. The lowest BCUT2D eigenvalue weighted by Crippen LogP contribution is -2.71. The molecule has 0 spiro atoms. The molecule has 1 fully saturated rings. The van der Waals surface area contributed by atoms with E-state index in [2.05, 4.69) is 20.8 Å². The fourth-order valence-corrected chi connectivity index (χ4v) is 7.30. The number of ether oxygens (including phenoxy) is 2. The first-order valence-corrected chi connectivity index (χ1v) is 17.6. The fraction of sp³-hybridized carbons (Fsp3) is 0.324. The molecule has 3 amide bonds. The quantitative estimate of drug-likeness (QED) is 0.0656. The van der Waals surface area contributed by atoms with Crippen molar-refractivity contribution in [2.24, 2.45) is 5.16 Å². The van der Waals surface area contributed by atoms with Crippen molar-refractivity contribution in [1.29, 1.82) is 0 Å². The Morgan fingerprint density at radius 1 is 1.10 bits per heavy atom. The van der Waals surface area contributed by atoms with E-state index in [4.69, 9.17) is 26.5 Å². The number of hydrogen-bond donors (Lipinski definition) is 2. The van der Waals surface area contributed by atoms with E-state index >= 15 is 0 Å². The highest BCUT2D eigenvalue weighted by Gasteiger charge is 2.53. The second-order valence-electron chi connectivity index (χ2n) is 12.1. The van der Waals surface area contributed by atoms with E-state index in [1.807, 2.05) is 67.6 Å². The van der Waals surface area contributed by atoms with Crippen molar-refractivity contribution in [2.75, 3.05) is 11.1 Å². The van der Waals surface area contributed by atoms with Crippen LogP contribution in [-0.2, 0) is 33.5 Å². The monoisotopic (exact) mass is 721 g/mol. The van der Waals surface area contributed by atoms with Gasteiger partial charge in [0.25, 0.3) is 11.8 Å². The fourth-order valence-electron chi connectivity index (χ4n) is 4.98. The number of nitrogens with zero attached hydrogens (tertiary/aromatic N) is 3. The second-order valence-corrected chi connectivity index (χ2v) is 14.5. The van der Waals surface area contributed by atoms with Gasteiger partial charge in [0.05, 0.1) is 5.70 Å². The molecule has 3 heterocycles. The summed E-state index contributed by atoms with van der Waals surface area (Å²) in [4.78, 5) is 62.0. The van der Waals surface area contributed by atoms with Crippen LogP contribution in [0.2, 0.25) is 0 Å². The van der Waals surface area contributed by atoms with E-state index in [1.165, 1.54) is 24.1 Å². The third-order valence-electron chi connectivity index (χ3n) is 7.25. The maximum atomic E-state index is 13.7. The van der Waals surface area contributed by atoms with Crippen LogP contribution >= 0.6 is 35.3 Å². The molecule has 12 nitrogen and oxygen atoms in total. The Kier molecular flexibility index (Phi) is 11.2. The number of thioether (sulfide) groups is 1. The van der Waals surface area contributed by atoms with E-state index in [1.54, 1.807) is 25.7 Å². The zero-order chi connectivity index (χ0) is 35.3. The van der Waals surface area contributed by atoms with Crippen LogP contribution in [0.1, 0.15) is 57.5 Å². The molecule has 5 rings (SSSR count). The molecule has 256 valence electrons. The van der Waals surface area contributed by atoms with Gasteiger partial charge in [-0.1, -0.05) is 65.8 Å². The topological polar surface area (TPSA) is 149 Å². The van der Waals surface area contributed by atoms with Crippen molar-refractivity contribution in [3.8, 4) is 0 Å². The highest BCUT2D eigenvalue weighted by Crippen LogP contribution is 2.42. The maximum Gasteiger partial charge on any atom is 0.350 e. The maximum absolute atomic E-state index is 13.7. The molecule has 0 bridgehead atoms. The highest BCUT2D eigenvalue weighted by molar-refractivity contribution is 8.00. The minimum Gasteiger partial charge on any atom is -0.469 e. The van der Waals surface area contributed by atoms with Gasteiger partial charge in [-0.25, -0.2) is 9.78 Å². The summed E-state index contributed by atoms with van der Waals surface area (Å²) < 4.78 is 11.8. The van der Waals surface area contributed by atoms with Gasteiger partial charge in [0.2, 0.25) is 17.6 Å². The molecule has 2 aliphatic rings. The van der Waals surface area contributed by atoms with Crippen LogP contribution in [-0.4, -0.2) is 73.7 Å². The number of nitrogens with one attached hydrogen (secondary N) is 2. The van der Waals surface area contributed by atoms with E-state index in [-0.39, 0.29) is 27.5 Å². The van der Waals surface area contributed by atoms with Gasteiger partial charge in [-0.15, -0.1) is 23.1 Å². The number of benzene rings is 2. The van der Waals surface area contributed by atoms with Gasteiger partial charge in [-0.2, -0.15) is 0 Å². The van der Waals surface area contributed by atoms with E-state index in [0.717, 1.165) is 28.0 Å². The number of aromatic nitrogens is 1. The molecule has 2 aliphatic heterocycles. The number of carbonyl (C=O) groups excluding carboxylic acids is 4. The number of anilines is 1. The van der Waals surface area contributed by atoms with Crippen LogP contribution in [0, 0.1) is 0 Å². The standard InChI is InChI=1S/C34H35N5O7S3/c1-19-16-48-30-25(29(42)39(30)26(19)32(47)44-27(21-12-8-6-9-13-21)22-14-10-7-11-15-22)37-28(41)24(23-17-49-33(36-23)35-18-40)38-46-20(2)31(43)45-34(3,4)5/h6-15,17-18,20,25,27,30H,16H2,1-5H3,(H,37,41)(H,35,36,40)/t20?,25?,30-/m1/s1. The lowest BCUT2D eigenvalue weighted by molar-refractivity contribution is -0.167. The number of rotatable bonds is 12. The predicted octanol–water partition coefficient (Wildman–Crippen LogP) is 4.97. The van der Waals surface area contributed by atoms with Crippen LogP contribution in [0.4, 0.5) is 5.13 Å². The summed E-state index contributed by atoms with van der Waals surface area (Å²) >= 11 is 8.36. The van der Waals surface area contributed by atoms with Crippen LogP contribution in [0.5, 0.6) is 0 Å². The predicted molar refractivity (Wildman–Crippen MR) is 191 cm³/mol. The van der Waals surface area contributed by atoms with Crippen LogP contribution < -0.4 is 10.6 Å².